The van der Waals surface area contributed by atoms with Crippen molar-refractivity contribution < 1.29 is 23.8 Å². The summed E-state index contributed by atoms with van der Waals surface area (Å²) in [7, 11) is 0. The van der Waals surface area contributed by atoms with E-state index in [9.17, 15) is 14.7 Å². The molecule has 3 spiro atoms. The Morgan fingerprint density at radius 1 is 1.00 bits per heavy atom. The Labute approximate surface area is 261 Å². The fourth-order valence-corrected chi connectivity index (χ4v) is 13.5. The molecule has 0 radical (unpaired) electrons. The number of Topliss-reactive ketones (excluding diaryl/α,β-unsaturated/α-hetero) is 1. The molecule has 7 fully saturated rings. The molecule has 2 heterocycles. The van der Waals surface area contributed by atoms with Gasteiger partial charge in [0.2, 0.25) is 5.78 Å². The van der Waals surface area contributed by atoms with E-state index in [2.05, 4.69) is 50.8 Å². The second-order valence-corrected chi connectivity index (χ2v) is 17.5. The quantitative estimate of drug-likeness (QED) is 0.285. The summed E-state index contributed by atoms with van der Waals surface area (Å²) in [6, 6.07) is 3.59. The summed E-state index contributed by atoms with van der Waals surface area (Å²) in [4.78, 5) is 30.2. The van der Waals surface area contributed by atoms with Crippen molar-refractivity contribution in [1.29, 1.82) is 0 Å². The van der Waals surface area contributed by atoms with Crippen LogP contribution in [0.5, 0.6) is 0 Å². The van der Waals surface area contributed by atoms with Crippen LogP contribution in [0.4, 0.5) is 4.79 Å². The maximum Gasteiger partial charge on any atom is 0.410 e. The van der Waals surface area contributed by atoms with Gasteiger partial charge in [-0.3, -0.25) is 4.79 Å². The third-order valence-electron chi connectivity index (χ3n) is 16.1. The van der Waals surface area contributed by atoms with Gasteiger partial charge in [0.25, 0.3) is 0 Å². The molecule has 1 aromatic rings. The van der Waals surface area contributed by atoms with Crippen molar-refractivity contribution in [2.24, 2.45) is 56.7 Å². The van der Waals surface area contributed by atoms with Crippen LogP contribution in [-0.2, 0) is 4.74 Å². The second kappa shape index (κ2) is 8.52. The number of ether oxygens (including phenoxy) is 1. The zero-order valence-corrected chi connectivity index (χ0v) is 26.9. The van der Waals surface area contributed by atoms with Crippen LogP contribution in [0.25, 0.3) is 0 Å². The van der Waals surface area contributed by atoms with Gasteiger partial charge in [0.1, 0.15) is 5.60 Å². The van der Waals surface area contributed by atoms with Crippen LogP contribution in [-0.4, -0.2) is 46.7 Å². The molecule has 9 aliphatic carbocycles. The van der Waals surface area contributed by atoms with E-state index in [1.807, 2.05) is 0 Å². The lowest BCUT2D eigenvalue weighted by Crippen LogP contribution is -2.67. The summed E-state index contributed by atoms with van der Waals surface area (Å²) >= 11 is 0. The number of nitrogens with zero attached hydrogens (tertiary/aromatic N) is 1. The van der Waals surface area contributed by atoms with Crippen molar-refractivity contribution >= 4 is 11.9 Å². The molecule has 1 aliphatic heterocycles. The Kier molecular flexibility index (Phi) is 5.41. The van der Waals surface area contributed by atoms with Crippen LogP contribution in [0.15, 0.2) is 46.6 Å². The molecular weight excluding hydrogens is 550 g/mol. The largest absolute Gasteiger partial charge is 0.461 e. The number of aliphatic hydroxyl groups is 1. The summed E-state index contributed by atoms with van der Waals surface area (Å²) < 4.78 is 12.4. The van der Waals surface area contributed by atoms with Crippen LogP contribution < -0.4 is 0 Å². The molecule has 1 aromatic heterocycles. The Morgan fingerprint density at radius 2 is 1.77 bits per heavy atom. The minimum atomic E-state index is -0.525. The van der Waals surface area contributed by atoms with E-state index in [1.54, 1.807) is 18.4 Å². The molecule has 11 atom stereocenters. The van der Waals surface area contributed by atoms with Gasteiger partial charge in [0, 0.05) is 28.4 Å². The van der Waals surface area contributed by atoms with Crippen molar-refractivity contribution in [2.75, 3.05) is 13.1 Å². The highest BCUT2D eigenvalue weighted by Gasteiger charge is 2.76. The molecule has 1 amide bonds. The maximum absolute atomic E-state index is 14.4. The highest BCUT2D eigenvalue weighted by atomic mass is 16.6. The molecule has 236 valence electrons. The Bertz CT molecular complexity index is 1490. The first-order valence-electron chi connectivity index (χ1n) is 17.6. The van der Waals surface area contributed by atoms with E-state index >= 15 is 0 Å². The highest BCUT2D eigenvalue weighted by Crippen LogP contribution is 2.79. The van der Waals surface area contributed by atoms with Crippen LogP contribution in [0.1, 0.15) is 102 Å². The van der Waals surface area contributed by atoms with Crippen molar-refractivity contribution in [3.63, 3.8) is 0 Å². The van der Waals surface area contributed by atoms with Gasteiger partial charge in [-0.15, -0.1) is 0 Å². The van der Waals surface area contributed by atoms with E-state index < -0.39 is 11.0 Å². The van der Waals surface area contributed by atoms with Gasteiger partial charge in [-0.2, -0.15) is 0 Å². The second-order valence-electron chi connectivity index (χ2n) is 17.5. The number of rotatable bonds is 4. The molecule has 0 aromatic carbocycles. The average Bonchev–Trinajstić information content (AvgIpc) is 3.71. The highest BCUT2D eigenvalue weighted by molar-refractivity contribution is 6.08. The first-order valence-corrected chi connectivity index (χ1v) is 17.6. The van der Waals surface area contributed by atoms with Gasteiger partial charge in [0.15, 0.2) is 5.76 Å². The van der Waals surface area contributed by atoms with Gasteiger partial charge in [0.05, 0.1) is 18.9 Å². The number of fused-ring (bicyclic) bond motifs is 4. The predicted molar refractivity (Wildman–Crippen MR) is 166 cm³/mol. The van der Waals surface area contributed by atoms with E-state index in [1.165, 1.54) is 19.3 Å². The molecule has 11 rings (SSSR count). The number of hydrogen-bond acceptors (Lipinski definition) is 5. The SMILES string of the molecule is CC1(C)C2CCC(CN3CC4(CCC5C67C=CC8(C=C6C(=O)c6ccco6)CC(O)CCC8(C)C7CCC54C)OC3=O)C1C2. The lowest BCUT2D eigenvalue weighted by atomic mass is 9.32. The molecule has 6 nitrogen and oxygen atoms in total. The fraction of sp³-hybridized carbons (Fsp3) is 0.737. The number of hydrogen-bond donors (Lipinski definition) is 1. The Morgan fingerprint density at radius 3 is 2.52 bits per heavy atom. The van der Waals surface area contributed by atoms with Crippen molar-refractivity contribution in [1.82, 2.24) is 4.90 Å². The summed E-state index contributed by atoms with van der Waals surface area (Å²) in [6.45, 7) is 11.2. The number of carbonyl (C=O) groups excluding carboxylic acids is 2. The number of carbonyl (C=O) groups is 2. The van der Waals surface area contributed by atoms with Gasteiger partial charge < -0.3 is 19.2 Å². The van der Waals surface area contributed by atoms with E-state index in [0.29, 0.717) is 41.9 Å². The van der Waals surface area contributed by atoms with Crippen molar-refractivity contribution in [3.05, 3.63) is 48.0 Å². The number of ketones is 1. The van der Waals surface area contributed by atoms with E-state index in [4.69, 9.17) is 9.15 Å². The molecule has 10 aliphatic rings. The van der Waals surface area contributed by atoms with Gasteiger partial charge in [-0.05, 0) is 117 Å². The molecule has 6 heteroatoms. The molecule has 4 bridgehead atoms. The van der Waals surface area contributed by atoms with E-state index in [-0.39, 0.29) is 40.1 Å². The van der Waals surface area contributed by atoms with Crippen LogP contribution in [0.2, 0.25) is 0 Å². The summed E-state index contributed by atoms with van der Waals surface area (Å²) in [5.74, 6) is 2.98. The molecule has 1 N–H and O–H groups in total. The molecule has 11 unspecified atom stereocenters. The van der Waals surface area contributed by atoms with Gasteiger partial charge >= 0.3 is 6.09 Å². The lowest BCUT2D eigenvalue weighted by Gasteiger charge is -2.71. The molecule has 44 heavy (non-hydrogen) atoms. The number of furan rings is 1. The zero-order chi connectivity index (χ0) is 30.5. The lowest BCUT2D eigenvalue weighted by molar-refractivity contribution is -0.165. The van der Waals surface area contributed by atoms with Crippen LogP contribution in [0, 0.1) is 56.7 Å². The monoisotopic (exact) mass is 599 g/mol. The summed E-state index contributed by atoms with van der Waals surface area (Å²) in [6.07, 6.45) is 18.2. The third-order valence-corrected chi connectivity index (χ3v) is 16.1. The minimum Gasteiger partial charge on any atom is -0.461 e. The van der Waals surface area contributed by atoms with Crippen LogP contribution >= 0.6 is 0 Å². The summed E-state index contributed by atoms with van der Waals surface area (Å²) in [5, 5.41) is 10.9. The molecule has 6 saturated carbocycles. The minimum absolute atomic E-state index is 0.0141. The van der Waals surface area contributed by atoms with Crippen molar-refractivity contribution in [2.45, 2.75) is 104 Å². The van der Waals surface area contributed by atoms with E-state index in [0.717, 1.165) is 56.6 Å². The molecule has 1 saturated heterocycles. The third kappa shape index (κ3) is 3.08. The average molecular weight is 600 g/mol. The first-order chi connectivity index (χ1) is 20.9. The summed E-state index contributed by atoms with van der Waals surface area (Å²) in [5.41, 5.74) is -0.303. The number of allylic oxidation sites excluding steroid dienone is 4. The molecular formula is C38H49NO5. The topological polar surface area (TPSA) is 80.0 Å². The smallest absolute Gasteiger partial charge is 0.410 e. The zero-order valence-electron chi connectivity index (χ0n) is 26.9. The van der Waals surface area contributed by atoms with Crippen molar-refractivity contribution in [3.8, 4) is 0 Å². The first kappa shape index (κ1) is 27.9. The standard InChI is InChI=1S/C38H49NO5/c1-33(2)24-8-7-23(26(33)18-24)21-39-22-37(44-32(39)42)14-11-30-35(37,4)13-10-29-34(3)12-9-25(40)19-36(34)15-16-38(29,30)27(20-36)31(41)28-6-5-17-43-28/h5-6,15-17,20,23-26,29-30,40H,7-14,18-19,21-22H2,1-4H3. The Balaban J connectivity index is 1.09. The number of aliphatic hydroxyl groups excluding tert-OH is 1. The normalized spacial score (nSPS) is 50.9. The number of amides is 1. The van der Waals surface area contributed by atoms with Crippen LogP contribution in [0.3, 0.4) is 0 Å². The fourth-order valence-electron chi connectivity index (χ4n) is 13.5. The van der Waals surface area contributed by atoms with Gasteiger partial charge in [-0.25, -0.2) is 4.79 Å². The Hall–Kier alpha value is -2.34. The predicted octanol–water partition coefficient (Wildman–Crippen LogP) is 7.59. The van der Waals surface area contributed by atoms with Gasteiger partial charge in [-0.1, -0.05) is 45.9 Å². The maximum atomic E-state index is 14.4.